The number of pyridine rings is 1. The number of aromatic nitrogens is 5. The van der Waals surface area contributed by atoms with Gasteiger partial charge in [-0.1, -0.05) is 13.8 Å². The zero-order valence-electron chi connectivity index (χ0n) is 18.2. The van der Waals surface area contributed by atoms with Crippen molar-refractivity contribution in [2.75, 3.05) is 38.2 Å². The molecule has 1 aromatic carbocycles. The number of aryl methyl sites for hydroxylation is 1. The van der Waals surface area contributed by atoms with Gasteiger partial charge < -0.3 is 15.0 Å². The summed E-state index contributed by atoms with van der Waals surface area (Å²) in [4.78, 5) is 15.9. The van der Waals surface area contributed by atoms with Gasteiger partial charge in [-0.3, -0.25) is 4.68 Å². The molecule has 0 spiro atoms. The van der Waals surface area contributed by atoms with Gasteiger partial charge in [0.15, 0.2) is 17.3 Å². The summed E-state index contributed by atoms with van der Waals surface area (Å²) >= 11 is 0. The summed E-state index contributed by atoms with van der Waals surface area (Å²) in [5.74, 6) is 0.366. The monoisotopic (exact) mass is 423 g/mol. The molecule has 0 saturated carbocycles. The quantitative estimate of drug-likeness (QED) is 0.542. The molecule has 1 saturated heterocycles. The molecule has 5 rings (SSSR count). The van der Waals surface area contributed by atoms with Crippen molar-refractivity contribution < 1.29 is 9.13 Å². The molecule has 0 unspecified atom stereocenters. The molecule has 9 heteroatoms. The molecule has 0 amide bonds. The Morgan fingerprint density at radius 2 is 1.87 bits per heavy atom. The first kappa shape index (κ1) is 20.9. The first-order valence-corrected chi connectivity index (χ1v) is 10.4. The summed E-state index contributed by atoms with van der Waals surface area (Å²) in [6, 6.07) is 5.22. The van der Waals surface area contributed by atoms with E-state index in [4.69, 9.17) is 4.74 Å². The zero-order valence-corrected chi connectivity index (χ0v) is 18.2. The van der Waals surface area contributed by atoms with E-state index in [0.29, 0.717) is 33.8 Å². The molecule has 4 aromatic rings. The number of halogens is 1. The molecule has 0 radical (unpaired) electrons. The molecule has 3 aromatic heterocycles. The van der Waals surface area contributed by atoms with Crippen molar-refractivity contribution >= 4 is 27.6 Å². The summed E-state index contributed by atoms with van der Waals surface area (Å²) in [6.45, 7) is 7.71. The lowest BCUT2D eigenvalue weighted by molar-refractivity contribution is 0.403. The third kappa shape index (κ3) is 4.00. The van der Waals surface area contributed by atoms with Crippen LogP contribution < -0.4 is 15.0 Å². The maximum atomic E-state index is 14.5. The molecule has 1 aliphatic rings. The number of hydrogen-bond donors (Lipinski definition) is 1. The van der Waals surface area contributed by atoms with Crippen LogP contribution in [0.25, 0.3) is 33.3 Å². The van der Waals surface area contributed by atoms with Gasteiger partial charge in [-0.05, 0) is 18.2 Å². The normalized spacial score (nSPS) is 13.9. The van der Waals surface area contributed by atoms with Crippen LogP contribution in [-0.2, 0) is 7.05 Å². The SMILES string of the molecule is CC.COc1nc(-c2cc(F)c3nn(C)cc3c2)nc2ncc(N3CCNCC3)cc12. The second kappa shape index (κ2) is 8.81. The minimum atomic E-state index is -0.414. The lowest BCUT2D eigenvalue weighted by atomic mass is 10.1. The van der Waals surface area contributed by atoms with Crippen molar-refractivity contribution in [2.45, 2.75) is 13.8 Å². The van der Waals surface area contributed by atoms with E-state index in [1.807, 2.05) is 32.2 Å². The van der Waals surface area contributed by atoms with Crippen LogP contribution >= 0.6 is 0 Å². The molecule has 31 heavy (non-hydrogen) atoms. The molecular formula is C22H26FN7O. The lowest BCUT2D eigenvalue weighted by Gasteiger charge is -2.29. The molecule has 4 heterocycles. The van der Waals surface area contributed by atoms with E-state index < -0.39 is 5.82 Å². The number of nitrogens with one attached hydrogen (secondary N) is 1. The van der Waals surface area contributed by atoms with E-state index in [1.54, 1.807) is 25.0 Å². The van der Waals surface area contributed by atoms with Crippen molar-refractivity contribution in [3.63, 3.8) is 0 Å². The number of rotatable bonds is 3. The Hall–Kier alpha value is -3.33. The van der Waals surface area contributed by atoms with Gasteiger partial charge in [-0.2, -0.15) is 10.1 Å². The number of hydrogen-bond acceptors (Lipinski definition) is 7. The highest BCUT2D eigenvalue weighted by atomic mass is 19.1. The minimum absolute atomic E-state index is 0.322. The van der Waals surface area contributed by atoms with Crippen LogP contribution in [0.4, 0.5) is 10.1 Å². The number of fused-ring (bicyclic) bond motifs is 2. The number of ether oxygens (including phenoxy) is 1. The third-order valence-electron chi connectivity index (χ3n) is 5.11. The van der Waals surface area contributed by atoms with Crippen LogP contribution in [0, 0.1) is 5.82 Å². The number of nitrogens with zero attached hydrogens (tertiary/aromatic N) is 6. The average molecular weight is 423 g/mol. The van der Waals surface area contributed by atoms with Gasteiger partial charge in [0.2, 0.25) is 5.88 Å². The van der Waals surface area contributed by atoms with Gasteiger partial charge in [-0.15, -0.1) is 0 Å². The largest absolute Gasteiger partial charge is 0.480 e. The van der Waals surface area contributed by atoms with Gasteiger partial charge in [-0.25, -0.2) is 14.4 Å². The van der Waals surface area contributed by atoms with E-state index in [-0.39, 0.29) is 0 Å². The number of anilines is 1. The molecule has 0 bridgehead atoms. The van der Waals surface area contributed by atoms with Crippen molar-refractivity contribution in [1.82, 2.24) is 30.0 Å². The van der Waals surface area contributed by atoms with E-state index in [9.17, 15) is 4.39 Å². The maximum Gasteiger partial charge on any atom is 0.226 e. The van der Waals surface area contributed by atoms with E-state index in [2.05, 4.69) is 30.3 Å². The van der Waals surface area contributed by atoms with Gasteiger partial charge in [0.25, 0.3) is 0 Å². The van der Waals surface area contributed by atoms with Crippen LogP contribution in [0.1, 0.15) is 13.8 Å². The molecule has 1 fully saturated rings. The fourth-order valence-electron chi connectivity index (χ4n) is 3.70. The molecule has 1 aliphatic heterocycles. The fourth-order valence-corrected chi connectivity index (χ4v) is 3.70. The Morgan fingerprint density at radius 1 is 1.10 bits per heavy atom. The summed E-state index contributed by atoms with van der Waals surface area (Å²) in [5.41, 5.74) is 2.40. The standard InChI is InChI=1S/C20H20FN7O.C2H6/c1-27-11-13-7-12(8-16(21)17(13)26-27)18-24-19-15(20(25-18)29-2)9-14(10-23-19)28-5-3-22-4-6-28;1-2/h7-11,22H,3-6H2,1-2H3;1-2H3. The topological polar surface area (TPSA) is 81.0 Å². The van der Waals surface area contributed by atoms with Crippen molar-refractivity contribution in [2.24, 2.45) is 7.05 Å². The number of piperazine rings is 1. The third-order valence-corrected chi connectivity index (χ3v) is 5.11. The highest BCUT2D eigenvalue weighted by molar-refractivity contribution is 5.87. The first-order valence-electron chi connectivity index (χ1n) is 10.4. The number of methoxy groups -OCH3 is 1. The molecule has 1 N–H and O–H groups in total. The molecule has 8 nitrogen and oxygen atoms in total. The Labute approximate surface area is 180 Å². The molecule has 162 valence electrons. The van der Waals surface area contributed by atoms with Crippen LogP contribution in [-0.4, -0.2) is 58.0 Å². The highest BCUT2D eigenvalue weighted by Crippen LogP contribution is 2.30. The first-order chi connectivity index (χ1) is 15.1. The second-order valence-corrected chi connectivity index (χ2v) is 7.06. The predicted octanol–water partition coefficient (Wildman–Crippen LogP) is 3.16. The summed E-state index contributed by atoms with van der Waals surface area (Å²) in [5, 5.41) is 8.90. The smallest absolute Gasteiger partial charge is 0.226 e. The van der Waals surface area contributed by atoms with Gasteiger partial charge in [0, 0.05) is 50.4 Å². The van der Waals surface area contributed by atoms with Gasteiger partial charge in [0.1, 0.15) is 5.52 Å². The predicted molar refractivity (Wildman–Crippen MR) is 120 cm³/mol. The average Bonchev–Trinajstić information content (AvgIpc) is 3.20. The Balaban J connectivity index is 0.00000112. The van der Waals surface area contributed by atoms with Gasteiger partial charge in [0.05, 0.1) is 24.4 Å². The molecule has 0 aliphatic carbocycles. The fraction of sp³-hybridized carbons (Fsp3) is 0.364. The van der Waals surface area contributed by atoms with E-state index >= 15 is 0 Å². The summed E-state index contributed by atoms with van der Waals surface area (Å²) in [6.07, 6.45) is 3.58. The zero-order chi connectivity index (χ0) is 22.0. The lowest BCUT2D eigenvalue weighted by Crippen LogP contribution is -2.43. The van der Waals surface area contributed by atoms with Crippen LogP contribution in [0.3, 0.4) is 0 Å². The Morgan fingerprint density at radius 3 is 2.61 bits per heavy atom. The van der Waals surface area contributed by atoms with Crippen molar-refractivity contribution in [1.29, 1.82) is 0 Å². The van der Waals surface area contributed by atoms with E-state index in [0.717, 1.165) is 37.3 Å². The minimum Gasteiger partial charge on any atom is -0.480 e. The van der Waals surface area contributed by atoms with Crippen LogP contribution in [0.15, 0.2) is 30.6 Å². The van der Waals surface area contributed by atoms with Crippen molar-refractivity contribution in [3.8, 4) is 17.3 Å². The second-order valence-electron chi connectivity index (χ2n) is 7.06. The maximum absolute atomic E-state index is 14.5. The highest BCUT2D eigenvalue weighted by Gasteiger charge is 2.17. The van der Waals surface area contributed by atoms with Crippen LogP contribution in [0.5, 0.6) is 5.88 Å². The molecule has 0 atom stereocenters. The number of benzene rings is 1. The Bertz CT molecular complexity index is 1220. The molecular weight excluding hydrogens is 397 g/mol. The van der Waals surface area contributed by atoms with E-state index in [1.165, 1.54) is 6.07 Å². The summed E-state index contributed by atoms with van der Waals surface area (Å²) < 4.78 is 21.6. The Kier molecular flexibility index (Phi) is 5.94. The summed E-state index contributed by atoms with van der Waals surface area (Å²) in [7, 11) is 3.32. The van der Waals surface area contributed by atoms with Crippen molar-refractivity contribution in [3.05, 3.63) is 36.4 Å². The van der Waals surface area contributed by atoms with Crippen LogP contribution in [0.2, 0.25) is 0 Å². The van der Waals surface area contributed by atoms with Gasteiger partial charge >= 0.3 is 0 Å².